The molecule has 0 bridgehead atoms. The van der Waals surface area contributed by atoms with E-state index in [2.05, 4.69) is 5.32 Å². The largest absolute Gasteiger partial charge is 0.418 e. The van der Waals surface area contributed by atoms with Crippen molar-refractivity contribution in [3.8, 4) is 0 Å². The Kier molecular flexibility index (Phi) is 4.50. The van der Waals surface area contributed by atoms with Gasteiger partial charge in [-0.25, -0.2) is 0 Å². The van der Waals surface area contributed by atoms with Crippen LogP contribution in [0.25, 0.3) is 0 Å². The van der Waals surface area contributed by atoms with Gasteiger partial charge in [0.05, 0.1) is 11.2 Å². The van der Waals surface area contributed by atoms with Gasteiger partial charge in [-0.05, 0) is 38.5 Å². The first-order valence-corrected chi connectivity index (χ1v) is 5.80. The summed E-state index contributed by atoms with van der Waals surface area (Å²) in [5, 5.41) is 12.2. The summed E-state index contributed by atoms with van der Waals surface area (Å²) in [5.41, 5.74) is -1.75. The Balaban J connectivity index is 2.83. The van der Waals surface area contributed by atoms with E-state index in [0.717, 1.165) is 6.07 Å². The monoisotopic (exact) mass is 281 g/mol. The van der Waals surface area contributed by atoms with Gasteiger partial charge in [0, 0.05) is 17.3 Å². The Hall–Kier alpha value is -0.940. The number of anilines is 1. The predicted molar refractivity (Wildman–Crippen MR) is 65.9 cm³/mol. The molecule has 1 aromatic carbocycles. The Morgan fingerprint density at radius 2 is 1.89 bits per heavy atom. The van der Waals surface area contributed by atoms with Gasteiger partial charge in [-0.15, -0.1) is 0 Å². The SMILES string of the molecule is CC(C)(O)CCNc1ccc(Cl)cc1C(F)(F)F. The normalized spacial score (nSPS) is 12.6. The summed E-state index contributed by atoms with van der Waals surface area (Å²) in [5.74, 6) is 0. The highest BCUT2D eigenvalue weighted by Crippen LogP contribution is 2.36. The fourth-order valence-electron chi connectivity index (χ4n) is 1.41. The van der Waals surface area contributed by atoms with Crippen molar-refractivity contribution in [1.82, 2.24) is 0 Å². The summed E-state index contributed by atoms with van der Waals surface area (Å²) in [6.07, 6.45) is -4.12. The first kappa shape index (κ1) is 15.1. The summed E-state index contributed by atoms with van der Waals surface area (Å²) in [7, 11) is 0. The van der Waals surface area contributed by atoms with Gasteiger partial charge in [0.25, 0.3) is 0 Å². The van der Waals surface area contributed by atoms with Crippen molar-refractivity contribution < 1.29 is 18.3 Å². The van der Waals surface area contributed by atoms with Gasteiger partial charge in [0.1, 0.15) is 0 Å². The fourth-order valence-corrected chi connectivity index (χ4v) is 1.58. The summed E-state index contributed by atoms with van der Waals surface area (Å²) < 4.78 is 38.2. The van der Waals surface area contributed by atoms with Crippen LogP contribution in [0, 0.1) is 0 Å². The average molecular weight is 282 g/mol. The molecule has 0 radical (unpaired) electrons. The lowest BCUT2D eigenvalue weighted by molar-refractivity contribution is -0.136. The third-order valence-electron chi connectivity index (χ3n) is 2.34. The Morgan fingerprint density at radius 1 is 1.28 bits per heavy atom. The standard InChI is InChI=1S/C12H15ClF3NO/c1-11(2,18)5-6-17-10-4-3-8(13)7-9(10)12(14,15)16/h3-4,7,17-18H,5-6H2,1-2H3. The molecule has 0 heterocycles. The van der Waals surface area contributed by atoms with Crippen LogP contribution in [0.1, 0.15) is 25.8 Å². The van der Waals surface area contributed by atoms with Crippen molar-refractivity contribution in [3.05, 3.63) is 28.8 Å². The third-order valence-corrected chi connectivity index (χ3v) is 2.57. The number of hydrogen-bond acceptors (Lipinski definition) is 2. The first-order chi connectivity index (χ1) is 8.09. The van der Waals surface area contributed by atoms with Crippen molar-refractivity contribution >= 4 is 17.3 Å². The average Bonchev–Trinajstić information content (AvgIpc) is 2.17. The van der Waals surface area contributed by atoms with Crippen LogP contribution in [0.4, 0.5) is 18.9 Å². The number of nitrogens with one attached hydrogen (secondary N) is 1. The van der Waals surface area contributed by atoms with Gasteiger partial charge in [0.15, 0.2) is 0 Å². The highest BCUT2D eigenvalue weighted by atomic mass is 35.5. The molecule has 0 aliphatic rings. The van der Waals surface area contributed by atoms with Gasteiger partial charge < -0.3 is 10.4 Å². The molecular weight excluding hydrogens is 267 g/mol. The van der Waals surface area contributed by atoms with E-state index in [1.807, 2.05) is 0 Å². The number of hydrogen-bond donors (Lipinski definition) is 2. The summed E-state index contributed by atoms with van der Waals surface area (Å²) in [4.78, 5) is 0. The molecule has 102 valence electrons. The highest BCUT2D eigenvalue weighted by molar-refractivity contribution is 6.30. The van der Waals surface area contributed by atoms with Crippen molar-refractivity contribution in [2.45, 2.75) is 32.0 Å². The summed E-state index contributed by atoms with van der Waals surface area (Å²) >= 11 is 5.56. The van der Waals surface area contributed by atoms with Crippen LogP contribution < -0.4 is 5.32 Å². The lowest BCUT2D eigenvalue weighted by Crippen LogP contribution is -2.23. The van der Waals surface area contributed by atoms with Crippen molar-refractivity contribution in [2.24, 2.45) is 0 Å². The quantitative estimate of drug-likeness (QED) is 0.876. The zero-order valence-corrected chi connectivity index (χ0v) is 10.9. The van der Waals surface area contributed by atoms with Gasteiger partial charge in [-0.2, -0.15) is 13.2 Å². The number of aliphatic hydroxyl groups is 1. The maximum absolute atomic E-state index is 12.7. The van der Waals surface area contributed by atoms with E-state index in [1.54, 1.807) is 13.8 Å². The maximum atomic E-state index is 12.7. The van der Waals surface area contributed by atoms with Crippen molar-refractivity contribution in [1.29, 1.82) is 0 Å². The Labute approximate surface area is 109 Å². The molecule has 0 aliphatic heterocycles. The molecular formula is C12H15ClF3NO. The second-order valence-corrected chi connectivity index (χ2v) is 5.11. The second-order valence-electron chi connectivity index (χ2n) is 4.68. The maximum Gasteiger partial charge on any atom is 0.418 e. The third kappa shape index (κ3) is 4.74. The molecule has 0 saturated carbocycles. The van der Waals surface area contributed by atoms with Crippen LogP contribution in [0.5, 0.6) is 0 Å². The van der Waals surface area contributed by atoms with E-state index in [0.29, 0.717) is 6.42 Å². The first-order valence-electron chi connectivity index (χ1n) is 5.42. The molecule has 0 saturated heterocycles. The lowest BCUT2D eigenvalue weighted by Gasteiger charge is -2.19. The summed E-state index contributed by atoms with van der Waals surface area (Å²) in [6, 6.07) is 3.56. The molecule has 0 amide bonds. The molecule has 18 heavy (non-hydrogen) atoms. The van der Waals surface area contributed by atoms with E-state index in [9.17, 15) is 18.3 Å². The zero-order valence-electron chi connectivity index (χ0n) is 10.1. The molecule has 1 aromatic rings. The van der Waals surface area contributed by atoms with E-state index >= 15 is 0 Å². The summed E-state index contributed by atoms with van der Waals surface area (Å²) in [6.45, 7) is 3.44. The van der Waals surface area contributed by atoms with Crippen LogP contribution in [0.15, 0.2) is 18.2 Å². The zero-order chi connectivity index (χ0) is 14.0. The molecule has 0 fully saturated rings. The molecule has 0 aliphatic carbocycles. The molecule has 0 atom stereocenters. The van der Waals surface area contributed by atoms with Crippen LogP contribution >= 0.6 is 11.6 Å². The molecule has 0 unspecified atom stereocenters. The van der Waals surface area contributed by atoms with E-state index < -0.39 is 17.3 Å². The predicted octanol–water partition coefficient (Wildman–Crippen LogP) is 3.93. The molecule has 2 nitrogen and oxygen atoms in total. The van der Waals surface area contributed by atoms with Crippen LogP contribution in [-0.2, 0) is 6.18 Å². The topological polar surface area (TPSA) is 32.3 Å². The van der Waals surface area contributed by atoms with Crippen LogP contribution in [-0.4, -0.2) is 17.3 Å². The number of benzene rings is 1. The Morgan fingerprint density at radius 3 is 2.39 bits per heavy atom. The molecule has 6 heteroatoms. The minimum atomic E-state index is -4.46. The molecule has 1 rings (SSSR count). The fraction of sp³-hybridized carbons (Fsp3) is 0.500. The number of rotatable bonds is 4. The van der Waals surface area contributed by atoms with Crippen molar-refractivity contribution in [2.75, 3.05) is 11.9 Å². The van der Waals surface area contributed by atoms with Gasteiger partial charge in [0.2, 0.25) is 0 Å². The van der Waals surface area contributed by atoms with Gasteiger partial charge in [-0.1, -0.05) is 11.6 Å². The van der Waals surface area contributed by atoms with Crippen molar-refractivity contribution in [3.63, 3.8) is 0 Å². The number of alkyl halides is 3. The smallest absolute Gasteiger partial charge is 0.390 e. The second kappa shape index (κ2) is 5.36. The van der Waals surface area contributed by atoms with Gasteiger partial charge in [-0.3, -0.25) is 0 Å². The van der Waals surface area contributed by atoms with Crippen LogP contribution in [0.3, 0.4) is 0 Å². The minimum absolute atomic E-state index is 0.0313. The van der Waals surface area contributed by atoms with Gasteiger partial charge >= 0.3 is 6.18 Å². The highest BCUT2D eigenvalue weighted by Gasteiger charge is 2.33. The molecule has 0 aromatic heterocycles. The van der Waals surface area contributed by atoms with E-state index in [1.165, 1.54) is 12.1 Å². The number of halogens is 4. The van der Waals surface area contributed by atoms with E-state index in [4.69, 9.17) is 11.6 Å². The van der Waals surface area contributed by atoms with Crippen LogP contribution in [0.2, 0.25) is 5.02 Å². The van der Waals surface area contributed by atoms with E-state index in [-0.39, 0.29) is 17.3 Å². The Bertz CT molecular complexity index is 413. The lowest BCUT2D eigenvalue weighted by atomic mass is 10.1. The molecule has 0 spiro atoms. The minimum Gasteiger partial charge on any atom is -0.390 e. The molecule has 2 N–H and O–H groups in total.